The first-order valence-corrected chi connectivity index (χ1v) is 7.66. The van der Waals surface area contributed by atoms with Crippen LogP contribution in [0.4, 0.5) is 0 Å². The van der Waals surface area contributed by atoms with Gasteiger partial charge in [-0.1, -0.05) is 38.1 Å². The molecule has 0 bridgehead atoms. The number of benzene rings is 1. The number of nitrogens with one attached hydrogen (secondary N) is 2. The third kappa shape index (κ3) is 4.07. The smallest absolute Gasteiger partial charge is 0.224 e. The molecule has 0 aliphatic carbocycles. The number of hydrogen-bond donors (Lipinski definition) is 2. The highest BCUT2D eigenvalue weighted by molar-refractivity contribution is 5.79. The van der Waals surface area contributed by atoms with Crippen LogP contribution >= 0.6 is 0 Å². The molecular formula is C17H26N2O. The molecule has 1 aromatic carbocycles. The van der Waals surface area contributed by atoms with Crippen molar-refractivity contribution in [3.8, 4) is 0 Å². The van der Waals surface area contributed by atoms with Crippen molar-refractivity contribution in [3.63, 3.8) is 0 Å². The summed E-state index contributed by atoms with van der Waals surface area (Å²) in [5.74, 6) is 0.985. The van der Waals surface area contributed by atoms with Crippen LogP contribution in [0.5, 0.6) is 0 Å². The molecule has 0 saturated carbocycles. The van der Waals surface area contributed by atoms with Crippen LogP contribution in [-0.2, 0) is 11.2 Å². The van der Waals surface area contributed by atoms with Crippen LogP contribution in [0.25, 0.3) is 0 Å². The summed E-state index contributed by atoms with van der Waals surface area (Å²) in [5, 5.41) is 6.35. The van der Waals surface area contributed by atoms with Crippen molar-refractivity contribution in [3.05, 3.63) is 35.4 Å². The highest BCUT2D eigenvalue weighted by Crippen LogP contribution is 2.17. The molecule has 1 aromatic rings. The van der Waals surface area contributed by atoms with Gasteiger partial charge in [-0.2, -0.15) is 0 Å². The molecule has 3 nitrogen and oxygen atoms in total. The predicted molar refractivity (Wildman–Crippen MR) is 82.5 cm³/mol. The van der Waals surface area contributed by atoms with Crippen LogP contribution in [0.15, 0.2) is 24.3 Å². The maximum absolute atomic E-state index is 12.1. The SMILES string of the molecule is CC(C)Cc1ccc(C(C)NC(=O)C2CCNC2)cc1. The van der Waals surface area contributed by atoms with E-state index >= 15 is 0 Å². The van der Waals surface area contributed by atoms with Gasteiger partial charge >= 0.3 is 0 Å². The van der Waals surface area contributed by atoms with E-state index in [1.165, 1.54) is 11.1 Å². The lowest BCUT2D eigenvalue weighted by Crippen LogP contribution is -2.33. The highest BCUT2D eigenvalue weighted by Gasteiger charge is 2.23. The first kappa shape index (κ1) is 15.0. The molecule has 2 N–H and O–H groups in total. The Bertz CT molecular complexity index is 433. The van der Waals surface area contributed by atoms with Crippen molar-refractivity contribution in [2.45, 2.75) is 39.7 Å². The van der Waals surface area contributed by atoms with Gasteiger partial charge in [-0.15, -0.1) is 0 Å². The second-order valence-electron chi connectivity index (χ2n) is 6.26. The van der Waals surface area contributed by atoms with Crippen LogP contribution in [0.1, 0.15) is 44.4 Å². The molecule has 1 amide bonds. The number of carbonyl (C=O) groups excluding carboxylic acids is 1. The molecule has 1 fully saturated rings. The topological polar surface area (TPSA) is 41.1 Å². The molecular weight excluding hydrogens is 248 g/mol. The van der Waals surface area contributed by atoms with Crippen molar-refractivity contribution in [2.75, 3.05) is 13.1 Å². The van der Waals surface area contributed by atoms with Crippen molar-refractivity contribution in [2.24, 2.45) is 11.8 Å². The van der Waals surface area contributed by atoms with E-state index in [4.69, 9.17) is 0 Å². The summed E-state index contributed by atoms with van der Waals surface area (Å²) < 4.78 is 0. The highest BCUT2D eigenvalue weighted by atomic mass is 16.2. The number of hydrogen-bond acceptors (Lipinski definition) is 2. The Hall–Kier alpha value is -1.35. The Labute approximate surface area is 122 Å². The van der Waals surface area contributed by atoms with Crippen LogP contribution in [0.3, 0.4) is 0 Å². The van der Waals surface area contributed by atoms with Gasteiger partial charge in [0.05, 0.1) is 12.0 Å². The minimum absolute atomic E-state index is 0.0798. The summed E-state index contributed by atoms with van der Waals surface area (Å²) >= 11 is 0. The Kier molecular flexibility index (Phi) is 5.18. The molecule has 0 aromatic heterocycles. The van der Waals surface area contributed by atoms with Gasteiger partial charge in [-0.25, -0.2) is 0 Å². The fourth-order valence-electron chi connectivity index (χ4n) is 2.71. The molecule has 0 radical (unpaired) electrons. The summed E-state index contributed by atoms with van der Waals surface area (Å²) in [6, 6.07) is 8.70. The van der Waals surface area contributed by atoms with Crippen molar-refractivity contribution in [1.82, 2.24) is 10.6 Å². The van der Waals surface area contributed by atoms with E-state index in [1.807, 2.05) is 0 Å². The van der Waals surface area contributed by atoms with Crippen molar-refractivity contribution < 1.29 is 4.79 Å². The van der Waals surface area contributed by atoms with E-state index in [1.54, 1.807) is 0 Å². The predicted octanol–water partition coefficient (Wildman–Crippen LogP) is 2.67. The first-order chi connectivity index (χ1) is 9.56. The van der Waals surface area contributed by atoms with Crippen LogP contribution < -0.4 is 10.6 Å². The molecule has 2 unspecified atom stereocenters. The van der Waals surface area contributed by atoms with Gasteiger partial charge in [0, 0.05) is 6.54 Å². The molecule has 0 spiro atoms. The lowest BCUT2D eigenvalue weighted by molar-refractivity contribution is -0.125. The summed E-state index contributed by atoms with van der Waals surface area (Å²) in [6.07, 6.45) is 2.06. The largest absolute Gasteiger partial charge is 0.349 e. The lowest BCUT2D eigenvalue weighted by Gasteiger charge is -2.17. The monoisotopic (exact) mass is 274 g/mol. The Morgan fingerprint density at radius 2 is 2.00 bits per heavy atom. The summed E-state index contributed by atoms with van der Waals surface area (Å²) in [5.41, 5.74) is 2.54. The number of carbonyl (C=O) groups is 1. The maximum Gasteiger partial charge on any atom is 0.224 e. The van der Waals surface area contributed by atoms with Crippen LogP contribution in [0, 0.1) is 11.8 Å². The fourth-order valence-corrected chi connectivity index (χ4v) is 2.71. The molecule has 110 valence electrons. The average Bonchev–Trinajstić information content (AvgIpc) is 2.92. The van der Waals surface area contributed by atoms with Gasteiger partial charge in [0.2, 0.25) is 5.91 Å². The van der Waals surface area contributed by atoms with E-state index in [0.717, 1.165) is 25.9 Å². The Morgan fingerprint density at radius 1 is 1.30 bits per heavy atom. The summed E-state index contributed by atoms with van der Waals surface area (Å²) in [4.78, 5) is 12.1. The molecule has 2 atom stereocenters. The Balaban J connectivity index is 1.91. The van der Waals surface area contributed by atoms with Crippen molar-refractivity contribution >= 4 is 5.91 Å². The van der Waals surface area contributed by atoms with E-state index in [9.17, 15) is 4.79 Å². The second-order valence-corrected chi connectivity index (χ2v) is 6.26. The fraction of sp³-hybridized carbons (Fsp3) is 0.588. The third-order valence-electron chi connectivity index (χ3n) is 3.91. The normalized spacial score (nSPS) is 20.1. The van der Waals surface area contributed by atoms with Gasteiger partial charge in [0.15, 0.2) is 0 Å². The zero-order valence-corrected chi connectivity index (χ0v) is 12.8. The van der Waals surface area contributed by atoms with E-state index < -0.39 is 0 Å². The zero-order valence-electron chi connectivity index (χ0n) is 12.8. The Morgan fingerprint density at radius 3 is 2.55 bits per heavy atom. The first-order valence-electron chi connectivity index (χ1n) is 7.66. The average molecular weight is 274 g/mol. The van der Waals surface area contributed by atoms with Crippen molar-refractivity contribution in [1.29, 1.82) is 0 Å². The molecule has 1 aliphatic heterocycles. The lowest BCUT2D eigenvalue weighted by atomic mass is 9.99. The minimum Gasteiger partial charge on any atom is -0.349 e. The molecule has 1 aliphatic rings. The van der Waals surface area contributed by atoms with Gasteiger partial charge < -0.3 is 10.6 Å². The standard InChI is InChI=1S/C17H26N2O/c1-12(2)10-14-4-6-15(7-5-14)13(3)19-17(20)16-8-9-18-11-16/h4-7,12-13,16,18H,8-11H2,1-3H3,(H,19,20). The minimum atomic E-state index is 0.0798. The van der Waals surface area contributed by atoms with E-state index in [-0.39, 0.29) is 17.9 Å². The molecule has 1 saturated heterocycles. The third-order valence-corrected chi connectivity index (χ3v) is 3.91. The number of rotatable bonds is 5. The summed E-state index contributed by atoms with van der Waals surface area (Å²) in [7, 11) is 0. The number of amides is 1. The van der Waals surface area contributed by atoms with Gasteiger partial charge in [0.25, 0.3) is 0 Å². The summed E-state index contributed by atoms with van der Waals surface area (Å²) in [6.45, 7) is 8.28. The van der Waals surface area contributed by atoms with E-state index in [0.29, 0.717) is 5.92 Å². The quantitative estimate of drug-likeness (QED) is 0.866. The molecule has 3 heteroatoms. The van der Waals surface area contributed by atoms with Gasteiger partial charge in [-0.3, -0.25) is 4.79 Å². The zero-order chi connectivity index (χ0) is 14.5. The molecule has 1 heterocycles. The van der Waals surface area contributed by atoms with Crippen LogP contribution in [-0.4, -0.2) is 19.0 Å². The second kappa shape index (κ2) is 6.89. The van der Waals surface area contributed by atoms with E-state index in [2.05, 4.69) is 55.7 Å². The van der Waals surface area contributed by atoms with Crippen LogP contribution in [0.2, 0.25) is 0 Å². The molecule has 2 rings (SSSR count). The van der Waals surface area contributed by atoms with Gasteiger partial charge in [0.1, 0.15) is 0 Å². The molecule has 20 heavy (non-hydrogen) atoms. The van der Waals surface area contributed by atoms with Gasteiger partial charge in [-0.05, 0) is 43.4 Å². The maximum atomic E-state index is 12.1.